The predicted octanol–water partition coefficient (Wildman–Crippen LogP) is 2.33. The number of ether oxygens (including phenoxy) is 1. The van der Waals surface area contributed by atoms with Crippen LogP contribution >= 0.6 is 11.6 Å². The van der Waals surface area contributed by atoms with Gasteiger partial charge in [-0.15, -0.1) is 0 Å². The maximum absolute atomic E-state index is 12.4. The smallest absolute Gasteiger partial charge is 0.326 e. The van der Waals surface area contributed by atoms with Gasteiger partial charge in [0, 0.05) is 16.8 Å². The number of nitrogens with zero attached hydrogens (tertiary/aromatic N) is 2. The van der Waals surface area contributed by atoms with Crippen molar-refractivity contribution >= 4 is 46.7 Å². The van der Waals surface area contributed by atoms with Crippen molar-refractivity contribution in [2.24, 2.45) is 0 Å². The van der Waals surface area contributed by atoms with E-state index in [0.29, 0.717) is 21.2 Å². The van der Waals surface area contributed by atoms with Gasteiger partial charge in [0.2, 0.25) is 0 Å². The fourth-order valence-electron chi connectivity index (χ4n) is 2.86. The standard InChI is InChI=1S/C19H14ClN3O7/c1-10-12(20)5-3-6-13(10)21-15(24)9-30-16(25)8-22-18(26)11-4-2-7-14(23(28)29)17(11)19(22)27/h2-7H,8-9H2,1H3,(H,21,24). The van der Waals surface area contributed by atoms with Crippen LogP contribution in [0.1, 0.15) is 26.3 Å². The number of hydrogen-bond acceptors (Lipinski definition) is 7. The Hall–Kier alpha value is -3.79. The zero-order valence-electron chi connectivity index (χ0n) is 15.5. The van der Waals surface area contributed by atoms with E-state index in [2.05, 4.69) is 5.32 Å². The van der Waals surface area contributed by atoms with Gasteiger partial charge in [-0.25, -0.2) is 0 Å². The van der Waals surface area contributed by atoms with Crippen LogP contribution in [0.5, 0.6) is 0 Å². The summed E-state index contributed by atoms with van der Waals surface area (Å²) in [5.41, 5.74) is -0.00805. The first-order chi connectivity index (χ1) is 14.2. The summed E-state index contributed by atoms with van der Waals surface area (Å²) in [6, 6.07) is 8.53. The fraction of sp³-hybridized carbons (Fsp3) is 0.158. The summed E-state index contributed by atoms with van der Waals surface area (Å²) in [5, 5.41) is 14.1. The van der Waals surface area contributed by atoms with E-state index in [1.165, 1.54) is 12.1 Å². The molecule has 0 radical (unpaired) electrons. The van der Waals surface area contributed by atoms with Crippen LogP contribution in [-0.2, 0) is 14.3 Å². The van der Waals surface area contributed by atoms with E-state index in [9.17, 15) is 29.3 Å². The van der Waals surface area contributed by atoms with E-state index in [-0.39, 0.29) is 11.1 Å². The second-order valence-corrected chi connectivity index (χ2v) is 6.68. The fourth-order valence-corrected chi connectivity index (χ4v) is 3.04. The summed E-state index contributed by atoms with van der Waals surface area (Å²) in [5.74, 6) is -3.50. The van der Waals surface area contributed by atoms with Crippen molar-refractivity contribution in [3.05, 3.63) is 68.2 Å². The molecule has 10 nitrogen and oxygen atoms in total. The lowest BCUT2D eigenvalue weighted by molar-refractivity contribution is -0.385. The highest BCUT2D eigenvalue weighted by molar-refractivity contribution is 6.31. The number of nitrogens with one attached hydrogen (secondary N) is 1. The van der Waals surface area contributed by atoms with Crippen LogP contribution in [0.25, 0.3) is 0 Å². The average molecular weight is 432 g/mol. The number of benzene rings is 2. The highest BCUT2D eigenvalue weighted by Crippen LogP contribution is 2.30. The molecule has 30 heavy (non-hydrogen) atoms. The van der Waals surface area contributed by atoms with E-state index < -0.39 is 47.5 Å². The number of imide groups is 1. The van der Waals surface area contributed by atoms with Gasteiger partial charge in [-0.3, -0.25) is 34.2 Å². The Labute approximate surface area is 174 Å². The molecule has 0 aliphatic carbocycles. The molecule has 2 aromatic carbocycles. The summed E-state index contributed by atoms with van der Waals surface area (Å²) in [6.45, 7) is 0.256. The Morgan fingerprint density at radius 1 is 1.17 bits per heavy atom. The minimum Gasteiger partial charge on any atom is -0.454 e. The van der Waals surface area contributed by atoms with Crippen molar-refractivity contribution in [3.63, 3.8) is 0 Å². The van der Waals surface area contributed by atoms with Crippen LogP contribution in [0.15, 0.2) is 36.4 Å². The van der Waals surface area contributed by atoms with Crippen molar-refractivity contribution in [2.75, 3.05) is 18.5 Å². The number of halogens is 1. The van der Waals surface area contributed by atoms with Crippen LogP contribution in [0.2, 0.25) is 5.02 Å². The van der Waals surface area contributed by atoms with Crippen LogP contribution in [0.3, 0.4) is 0 Å². The molecule has 2 aromatic rings. The van der Waals surface area contributed by atoms with E-state index in [4.69, 9.17) is 16.3 Å². The number of carbonyl (C=O) groups excluding carboxylic acids is 4. The molecule has 1 heterocycles. The molecule has 0 fully saturated rings. The monoisotopic (exact) mass is 431 g/mol. The molecule has 0 atom stereocenters. The Bertz CT molecular complexity index is 1100. The van der Waals surface area contributed by atoms with Crippen LogP contribution < -0.4 is 5.32 Å². The zero-order chi connectivity index (χ0) is 22.0. The maximum Gasteiger partial charge on any atom is 0.326 e. The van der Waals surface area contributed by atoms with Gasteiger partial charge in [-0.2, -0.15) is 0 Å². The third-order valence-corrected chi connectivity index (χ3v) is 4.78. The van der Waals surface area contributed by atoms with E-state index >= 15 is 0 Å². The summed E-state index contributed by atoms with van der Waals surface area (Å²) < 4.78 is 4.82. The van der Waals surface area contributed by atoms with Gasteiger partial charge in [0.15, 0.2) is 6.61 Å². The zero-order valence-corrected chi connectivity index (χ0v) is 16.3. The number of fused-ring (bicyclic) bond motifs is 1. The molecule has 11 heteroatoms. The number of nitro groups is 1. The molecule has 3 rings (SSSR count). The van der Waals surface area contributed by atoms with Crippen LogP contribution in [0.4, 0.5) is 11.4 Å². The minimum absolute atomic E-state index is 0.170. The first kappa shape index (κ1) is 20.9. The Balaban J connectivity index is 1.61. The van der Waals surface area contributed by atoms with Crippen LogP contribution in [0, 0.1) is 17.0 Å². The number of anilines is 1. The van der Waals surface area contributed by atoms with Gasteiger partial charge >= 0.3 is 5.97 Å². The van der Waals surface area contributed by atoms with Gasteiger partial charge in [0.1, 0.15) is 12.1 Å². The SMILES string of the molecule is Cc1c(Cl)cccc1NC(=O)COC(=O)CN1C(=O)c2cccc([N+](=O)[O-])c2C1=O. The normalized spacial score (nSPS) is 12.5. The molecule has 0 bridgehead atoms. The van der Waals surface area contributed by atoms with Gasteiger partial charge in [0.05, 0.1) is 10.5 Å². The second-order valence-electron chi connectivity index (χ2n) is 6.27. The highest BCUT2D eigenvalue weighted by atomic mass is 35.5. The Morgan fingerprint density at radius 2 is 1.87 bits per heavy atom. The van der Waals surface area contributed by atoms with E-state index in [1.807, 2.05) is 0 Å². The van der Waals surface area contributed by atoms with Crippen molar-refractivity contribution in [1.82, 2.24) is 4.90 Å². The number of esters is 1. The molecule has 0 unspecified atom stereocenters. The lowest BCUT2D eigenvalue weighted by Crippen LogP contribution is -2.36. The molecule has 0 saturated carbocycles. The molecule has 0 aromatic heterocycles. The quantitative estimate of drug-likeness (QED) is 0.321. The summed E-state index contributed by atoms with van der Waals surface area (Å²) in [6.07, 6.45) is 0. The van der Waals surface area contributed by atoms with Crippen LogP contribution in [-0.4, -0.2) is 46.7 Å². The number of amides is 3. The summed E-state index contributed by atoms with van der Waals surface area (Å²) in [7, 11) is 0. The first-order valence-electron chi connectivity index (χ1n) is 8.55. The Kier molecular flexibility index (Phi) is 5.79. The molecule has 3 amide bonds. The van der Waals surface area contributed by atoms with Crippen molar-refractivity contribution in [3.8, 4) is 0 Å². The lowest BCUT2D eigenvalue weighted by atomic mass is 10.1. The predicted molar refractivity (Wildman–Crippen MR) is 104 cm³/mol. The third kappa shape index (κ3) is 3.98. The number of hydrogen-bond donors (Lipinski definition) is 1. The first-order valence-corrected chi connectivity index (χ1v) is 8.92. The largest absolute Gasteiger partial charge is 0.454 e. The van der Waals surface area contributed by atoms with Gasteiger partial charge in [-0.05, 0) is 30.7 Å². The lowest BCUT2D eigenvalue weighted by Gasteiger charge is -2.13. The van der Waals surface area contributed by atoms with Crippen molar-refractivity contribution in [1.29, 1.82) is 0 Å². The minimum atomic E-state index is -1.02. The topological polar surface area (TPSA) is 136 Å². The summed E-state index contributed by atoms with van der Waals surface area (Å²) in [4.78, 5) is 59.6. The highest BCUT2D eigenvalue weighted by Gasteiger charge is 2.41. The average Bonchev–Trinajstić information content (AvgIpc) is 2.95. The molecule has 0 saturated heterocycles. The van der Waals surface area contributed by atoms with E-state index in [0.717, 1.165) is 6.07 Å². The molecule has 1 aliphatic rings. The van der Waals surface area contributed by atoms with Gasteiger partial charge < -0.3 is 10.1 Å². The third-order valence-electron chi connectivity index (χ3n) is 4.37. The number of nitro benzene ring substituents is 1. The van der Waals surface area contributed by atoms with Crippen molar-refractivity contribution < 1.29 is 28.8 Å². The maximum atomic E-state index is 12.4. The Morgan fingerprint density at radius 3 is 2.57 bits per heavy atom. The number of carbonyl (C=O) groups is 4. The molecular weight excluding hydrogens is 418 g/mol. The molecule has 154 valence electrons. The molecule has 1 N–H and O–H groups in total. The van der Waals surface area contributed by atoms with Gasteiger partial charge in [0.25, 0.3) is 23.4 Å². The molecule has 0 spiro atoms. The van der Waals surface area contributed by atoms with Crippen molar-refractivity contribution in [2.45, 2.75) is 6.92 Å². The summed E-state index contributed by atoms with van der Waals surface area (Å²) >= 11 is 5.97. The molecule has 1 aliphatic heterocycles. The number of rotatable bonds is 6. The second kappa shape index (κ2) is 8.29. The molecular formula is C19H14ClN3O7. The van der Waals surface area contributed by atoms with E-state index in [1.54, 1.807) is 25.1 Å². The van der Waals surface area contributed by atoms with Gasteiger partial charge in [-0.1, -0.05) is 23.7 Å².